The number of hydrogen-bond acceptors (Lipinski definition) is 4. The molecule has 1 unspecified atom stereocenters. The third kappa shape index (κ3) is 4.98. The minimum Gasteiger partial charge on any atom is -0.457 e. The van der Waals surface area contributed by atoms with Crippen LogP contribution in [0.2, 0.25) is 0 Å². The minimum atomic E-state index is -0.480. The Morgan fingerprint density at radius 3 is 2.41 bits per heavy atom. The number of morpholine rings is 1. The Kier molecular flexibility index (Phi) is 6.05. The molecule has 0 bridgehead atoms. The average Bonchev–Trinajstić information content (AvgIpc) is 3.11. The summed E-state index contributed by atoms with van der Waals surface area (Å²) in [4.78, 5) is 27.7. The maximum atomic E-state index is 12.7. The average molecular weight is 372 g/mol. The molecule has 1 aliphatic carbocycles. The highest BCUT2D eigenvalue weighted by molar-refractivity contribution is 5.88. The van der Waals surface area contributed by atoms with Crippen molar-refractivity contribution in [2.75, 3.05) is 6.54 Å². The first-order valence-electron chi connectivity index (χ1n) is 10.3. The van der Waals surface area contributed by atoms with E-state index >= 15 is 0 Å². The van der Waals surface area contributed by atoms with E-state index in [4.69, 9.17) is 4.74 Å². The number of hydrogen-bond donors (Lipinski definition) is 0. The van der Waals surface area contributed by atoms with Crippen molar-refractivity contribution in [2.24, 2.45) is 0 Å². The Bertz CT molecular complexity index is 671. The highest BCUT2D eigenvalue weighted by Crippen LogP contribution is 2.32. The Hall–Kier alpha value is -1.68. The molecular weight excluding hydrogens is 338 g/mol. The van der Waals surface area contributed by atoms with Crippen LogP contribution in [0.15, 0.2) is 24.3 Å². The standard InChI is InChI=1S/C23H33NO3/c1-16(2)18-11-9-17(10-12-18)13-20(25)14-21-22(26)27-23(3,4)15-24(21)19-7-5-6-8-19/h9-12,16,19,21H,5-8,13-15H2,1-4H3. The summed E-state index contributed by atoms with van der Waals surface area (Å²) in [6, 6.07) is 8.23. The Balaban J connectivity index is 1.67. The van der Waals surface area contributed by atoms with Crippen molar-refractivity contribution in [1.82, 2.24) is 4.90 Å². The van der Waals surface area contributed by atoms with E-state index in [-0.39, 0.29) is 18.2 Å². The topological polar surface area (TPSA) is 46.6 Å². The van der Waals surface area contributed by atoms with Gasteiger partial charge in [-0.05, 0) is 43.7 Å². The summed E-state index contributed by atoms with van der Waals surface area (Å²) in [7, 11) is 0. The Morgan fingerprint density at radius 2 is 1.81 bits per heavy atom. The number of carbonyl (C=O) groups is 2. The highest BCUT2D eigenvalue weighted by Gasteiger charge is 2.44. The van der Waals surface area contributed by atoms with Crippen LogP contribution in [-0.4, -0.2) is 40.9 Å². The van der Waals surface area contributed by atoms with Crippen LogP contribution in [0, 0.1) is 0 Å². The number of cyclic esters (lactones) is 1. The zero-order valence-corrected chi connectivity index (χ0v) is 17.2. The molecule has 1 aromatic carbocycles. The maximum Gasteiger partial charge on any atom is 0.324 e. The molecule has 0 aromatic heterocycles. The van der Waals surface area contributed by atoms with E-state index in [1.165, 1.54) is 18.4 Å². The highest BCUT2D eigenvalue weighted by atomic mass is 16.6. The lowest BCUT2D eigenvalue weighted by molar-refractivity contribution is -0.182. The van der Waals surface area contributed by atoms with Gasteiger partial charge in [-0.2, -0.15) is 0 Å². The van der Waals surface area contributed by atoms with Gasteiger partial charge in [0.1, 0.15) is 17.4 Å². The largest absolute Gasteiger partial charge is 0.457 e. The van der Waals surface area contributed by atoms with E-state index in [9.17, 15) is 9.59 Å². The van der Waals surface area contributed by atoms with Crippen LogP contribution in [0.3, 0.4) is 0 Å². The molecule has 4 heteroatoms. The zero-order valence-electron chi connectivity index (χ0n) is 17.2. The molecule has 1 aliphatic heterocycles. The number of nitrogens with zero attached hydrogens (tertiary/aromatic N) is 1. The third-order valence-corrected chi connectivity index (χ3v) is 5.88. The zero-order chi connectivity index (χ0) is 19.6. The second-order valence-corrected chi connectivity index (χ2v) is 9.12. The van der Waals surface area contributed by atoms with E-state index in [0.717, 1.165) is 18.4 Å². The van der Waals surface area contributed by atoms with Crippen LogP contribution in [0.4, 0.5) is 0 Å². The molecule has 148 valence electrons. The van der Waals surface area contributed by atoms with Gasteiger partial charge in [-0.15, -0.1) is 0 Å². The van der Waals surface area contributed by atoms with Gasteiger partial charge in [0.15, 0.2) is 0 Å². The smallest absolute Gasteiger partial charge is 0.324 e. The van der Waals surface area contributed by atoms with Gasteiger partial charge in [-0.25, -0.2) is 0 Å². The number of carbonyl (C=O) groups excluding carboxylic acids is 2. The van der Waals surface area contributed by atoms with Gasteiger partial charge in [0.25, 0.3) is 0 Å². The molecule has 1 saturated carbocycles. The first-order valence-corrected chi connectivity index (χ1v) is 10.3. The summed E-state index contributed by atoms with van der Waals surface area (Å²) in [6.07, 6.45) is 5.27. The fourth-order valence-electron chi connectivity index (χ4n) is 4.41. The van der Waals surface area contributed by atoms with Crippen molar-refractivity contribution in [3.05, 3.63) is 35.4 Å². The first kappa shape index (κ1) is 20.1. The molecular formula is C23H33NO3. The predicted octanol–water partition coefficient (Wildman–Crippen LogP) is 4.26. The van der Waals surface area contributed by atoms with Crippen molar-refractivity contribution in [1.29, 1.82) is 0 Å². The summed E-state index contributed by atoms with van der Waals surface area (Å²) in [5, 5.41) is 0. The van der Waals surface area contributed by atoms with Crippen LogP contribution in [-0.2, 0) is 20.7 Å². The van der Waals surface area contributed by atoms with E-state index < -0.39 is 11.6 Å². The van der Waals surface area contributed by atoms with Crippen LogP contribution in [0.5, 0.6) is 0 Å². The second kappa shape index (κ2) is 8.14. The van der Waals surface area contributed by atoms with Crippen molar-refractivity contribution >= 4 is 11.8 Å². The predicted molar refractivity (Wildman–Crippen MR) is 107 cm³/mol. The van der Waals surface area contributed by atoms with E-state index in [0.29, 0.717) is 24.9 Å². The molecule has 4 nitrogen and oxygen atoms in total. The van der Waals surface area contributed by atoms with Crippen molar-refractivity contribution in [2.45, 2.75) is 89.8 Å². The van der Waals surface area contributed by atoms with Gasteiger partial charge >= 0.3 is 5.97 Å². The minimum absolute atomic E-state index is 0.108. The Labute approximate surface area is 163 Å². The molecule has 0 N–H and O–H groups in total. The van der Waals surface area contributed by atoms with E-state index in [1.807, 2.05) is 26.0 Å². The number of rotatable bonds is 6. The second-order valence-electron chi connectivity index (χ2n) is 9.12. The summed E-state index contributed by atoms with van der Waals surface area (Å²) in [5.41, 5.74) is 1.81. The molecule has 1 heterocycles. The number of Topliss-reactive ketones (excluding diaryl/α,β-unsaturated/α-hetero) is 1. The van der Waals surface area contributed by atoms with E-state index in [1.54, 1.807) is 0 Å². The van der Waals surface area contributed by atoms with Crippen LogP contribution < -0.4 is 0 Å². The molecule has 2 aliphatic rings. The van der Waals surface area contributed by atoms with Gasteiger partial charge in [0.05, 0.1) is 0 Å². The lowest BCUT2D eigenvalue weighted by Crippen LogP contribution is -2.60. The summed E-state index contributed by atoms with van der Waals surface area (Å²) in [5.74, 6) is 0.355. The number of esters is 1. The molecule has 3 rings (SSSR count). The molecule has 1 saturated heterocycles. The molecule has 1 aromatic rings. The van der Waals surface area contributed by atoms with Crippen molar-refractivity contribution in [3.8, 4) is 0 Å². The summed E-state index contributed by atoms with van der Waals surface area (Å²) in [6.45, 7) is 8.95. The first-order chi connectivity index (χ1) is 12.7. The van der Waals surface area contributed by atoms with Crippen LogP contribution in [0.25, 0.3) is 0 Å². The Morgan fingerprint density at radius 1 is 1.19 bits per heavy atom. The van der Waals surface area contributed by atoms with Gasteiger partial charge < -0.3 is 4.74 Å². The maximum absolute atomic E-state index is 12.7. The van der Waals surface area contributed by atoms with Gasteiger partial charge in [0.2, 0.25) is 0 Å². The quantitative estimate of drug-likeness (QED) is 0.701. The molecule has 27 heavy (non-hydrogen) atoms. The monoisotopic (exact) mass is 371 g/mol. The fourth-order valence-corrected chi connectivity index (χ4v) is 4.41. The van der Waals surface area contributed by atoms with Crippen molar-refractivity contribution < 1.29 is 14.3 Å². The van der Waals surface area contributed by atoms with Gasteiger partial charge in [-0.3, -0.25) is 14.5 Å². The molecule has 0 amide bonds. The lowest BCUT2D eigenvalue weighted by atomic mass is 9.95. The summed E-state index contributed by atoms with van der Waals surface area (Å²) >= 11 is 0. The van der Waals surface area contributed by atoms with Crippen LogP contribution in [0.1, 0.15) is 76.8 Å². The lowest BCUT2D eigenvalue weighted by Gasteiger charge is -2.45. The van der Waals surface area contributed by atoms with Crippen LogP contribution >= 0.6 is 0 Å². The third-order valence-electron chi connectivity index (χ3n) is 5.88. The number of ether oxygens (including phenoxy) is 1. The summed E-state index contributed by atoms with van der Waals surface area (Å²) < 4.78 is 5.64. The fraction of sp³-hybridized carbons (Fsp3) is 0.652. The van der Waals surface area contributed by atoms with Gasteiger partial charge in [-0.1, -0.05) is 51.0 Å². The van der Waals surface area contributed by atoms with E-state index in [2.05, 4.69) is 30.9 Å². The number of ketones is 1. The number of benzene rings is 1. The molecule has 0 spiro atoms. The molecule has 1 atom stereocenters. The molecule has 2 fully saturated rings. The SMILES string of the molecule is CC(C)c1ccc(CC(=O)CC2C(=O)OC(C)(C)CN2C2CCCC2)cc1. The van der Waals surface area contributed by atoms with Gasteiger partial charge in [0, 0.05) is 25.4 Å². The normalized spacial score (nSPS) is 23.6. The van der Waals surface area contributed by atoms with Crippen molar-refractivity contribution in [3.63, 3.8) is 0 Å². The molecule has 0 radical (unpaired) electrons.